The van der Waals surface area contributed by atoms with E-state index >= 15 is 0 Å². The monoisotopic (exact) mass is 285 g/mol. The van der Waals surface area contributed by atoms with Crippen molar-refractivity contribution in [3.8, 4) is 17.1 Å². The molecular weight excluding hydrogens is 262 g/mol. The molecule has 0 aliphatic heterocycles. The van der Waals surface area contributed by atoms with Gasteiger partial charge in [0.25, 0.3) is 0 Å². The maximum Gasteiger partial charge on any atom is 0.159 e. The standard InChI is InChI=1S/C17H23N3O/c1-5-14(18)10-15-9-12(3)19-17(20-15)13-6-7-16(21-4)11(2)8-13/h6-9,14H,5,10,18H2,1-4H3. The third-order valence-corrected chi connectivity index (χ3v) is 3.56. The van der Waals surface area contributed by atoms with E-state index in [0.717, 1.165) is 46.9 Å². The third-order valence-electron chi connectivity index (χ3n) is 3.56. The summed E-state index contributed by atoms with van der Waals surface area (Å²) in [4.78, 5) is 9.20. The van der Waals surface area contributed by atoms with Crippen LogP contribution in [-0.4, -0.2) is 23.1 Å². The van der Waals surface area contributed by atoms with Crippen LogP contribution in [0.25, 0.3) is 11.4 Å². The number of rotatable bonds is 5. The van der Waals surface area contributed by atoms with Crippen LogP contribution in [0, 0.1) is 13.8 Å². The quantitative estimate of drug-likeness (QED) is 0.917. The van der Waals surface area contributed by atoms with Crippen LogP contribution in [0.3, 0.4) is 0 Å². The largest absolute Gasteiger partial charge is 0.496 e. The summed E-state index contributed by atoms with van der Waals surface area (Å²) in [5.74, 6) is 1.62. The fraction of sp³-hybridized carbons (Fsp3) is 0.412. The van der Waals surface area contributed by atoms with Crippen molar-refractivity contribution in [2.45, 2.75) is 39.7 Å². The van der Waals surface area contributed by atoms with Gasteiger partial charge < -0.3 is 10.5 Å². The number of aromatic nitrogens is 2. The van der Waals surface area contributed by atoms with Crippen LogP contribution in [-0.2, 0) is 6.42 Å². The van der Waals surface area contributed by atoms with Crippen molar-refractivity contribution in [3.05, 3.63) is 41.2 Å². The minimum Gasteiger partial charge on any atom is -0.496 e. The van der Waals surface area contributed by atoms with Crippen molar-refractivity contribution in [3.63, 3.8) is 0 Å². The number of hydrogen-bond acceptors (Lipinski definition) is 4. The average molecular weight is 285 g/mol. The minimum absolute atomic E-state index is 0.143. The second kappa shape index (κ2) is 6.68. The summed E-state index contributed by atoms with van der Waals surface area (Å²) < 4.78 is 5.29. The Morgan fingerprint density at radius 1 is 1.19 bits per heavy atom. The molecule has 1 atom stereocenters. The van der Waals surface area contributed by atoms with Gasteiger partial charge in [0.2, 0.25) is 0 Å². The second-order valence-electron chi connectivity index (χ2n) is 5.38. The summed E-state index contributed by atoms with van der Waals surface area (Å²) in [6.45, 7) is 6.10. The van der Waals surface area contributed by atoms with Gasteiger partial charge in [-0.25, -0.2) is 9.97 Å². The van der Waals surface area contributed by atoms with Gasteiger partial charge in [-0.05, 0) is 50.1 Å². The normalized spacial score (nSPS) is 12.2. The minimum atomic E-state index is 0.143. The van der Waals surface area contributed by atoms with E-state index in [1.807, 2.05) is 32.0 Å². The number of benzene rings is 1. The summed E-state index contributed by atoms with van der Waals surface area (Å²) in [5, 5.41) is 0. The van der Waals surface area contributed by atoms with Gasteiger partial charge in [-0.15, -0.1) is 0 Å². The number of ether oxygens (including phenoxy) is 1. The first kappa shape index (κ1) is 15.4. The van der Waals surface area contributed by atoms with Gasteiger partial charge in [-0.3, -0.25) is 0 Å². The van der Waals surface area contributed by atoms with Crippen molar-refractivity contribution >= 4 is 0 Å². The molecule has 0 radical (unpaired) electrons. The fourth-order valence-electron chi connectivity index (χ4n) is 2.30. The molecule has 1 aromatic carbocycles. The number of nitrogens with zero attached hydrogens (tertiary/aromatic N) is 2. The summed E-state index contributed by atoms with van der Waals surface area (Å²) in [6.07, 6.45) is 1.72. The Morgan fingerprint density at radius 2 is 1.95 bits per heavy atom. The van der Waals surface area contributed by atoms with Crippen LogP contribution in [0.5, 0.6) is 5.75 Å². The van der Waals surface area contributed by atoms with E-state index in [1.165, 1.54) is 0 Å². The topological polar surface area (TPSA) is 61.0 Å². The molecule has 0 spiro atoms. The van der Waals surface area contributed by atoms with Crippen molar-refractivity contribution in [2.24, 2.45) is 5.73 Å². The van der Waals surface area contributed by atoms with Gasteiger partial charge >= 0.3 is 0 Å². The summed E-state index contributed by atoms with van der Waals surface area (Å²) >= 11 is 0. The number of methoxy groups -OCH3 is 1. The highest BCUT2D eigenvalue weighted by Crippen LogP contribution is 2.24. The maximum absolute atomic E-state index is 6.03. The first-order chi connectivity index (χ1) is 10.0. The van der Waals surface area contributed by atoms with Crippen LogP contribution in [0.2, 0.25) is 0 Å². The molecule has 2 rings (SSSR count). The Bertz CT molecular complexity index is 625. The van der Waals surface area contributed by atoms with E-state index in [-0.39, 0.29) is 6.04 Å². The maximum atomic E-state index is 6.03. The van der Waals surface area contributed by atoms with E-state index < -0.39 is 0 Å². The molecule has 1 aromatic heterocycles. The third kappa shape index (κ3) is 3.79. The van der Waals surface area contributed by atoms with E-state index in [9.17, 15) is 0 Å². The van der Waals surface area contributed by atoms with E-state index in [2.05, 4.69) is 23.0 Å². The van der Waals surface area contributed by atoms with Crippen LogP contribution < -0.4 is 10.5 Å². The molecule has 0 amide bonds. The lowest BCUT2D eigenvalue weighted by atomic mass is 10.1. The second-order valence-corrected chi connectivity index (χ2v) is 5.38. The molecule has 0 saturated heterocycles. The predicted octanol–water partition coefficient (Wildman–Crippen LogP) is 3.05. The molecule has 112 valence electrons. The van der Waals surface area contributed by atoms with Gasteiger partial charge in [0.1, 0.15) is 5.75 Å². The lowest BCUT2D eigenvalue weighted by Gasteiger charge is -2.11. The number of aryl methyl sites for hydroxylation is 2. The summed E-state index contributed by atoms with van der Waals surface area (Å²) in [7, 11) is 1.68. The Balaban J connectivity index is 2.37. The fourth-order valence-corrected chi connectivity index (χ4v) is 2.30. The van der Waals surface area contributed by atoms with Crippen molar-refractivity contribution < 1.29 is 4.74 Å². The molecule has 2 N–H and O–H groups in total. The van der Waals surface area contributed by atoms with Gasteiger partial charge in [0, 0.05) is 29.4 Å². The molecule has 0 fully saturated rings. The molecule has 0 aliphatic rings. The SMILES string of the molecule is CCC(N)Cc1cc(C)nc(-c2ccc(OC)c(C)c2)n1. The summed E-state index contributed by atoms with van der Waals surface area (Å²) in [5.41, 5.74) is 10.1. The van der Waals surface area contributed by atoms with Crippen LogP contribution >= 0.6 is 0 Å². The molecule has 0 aliphatic carbocycles. The zero-order valence-electron chi connectivity index (χ0n) is 13.2. The van der Waals surface area contributed by atoms with Crippen LogP contribution in [0.1, 0.15) is 30.3 Å². The molecule has 1 unspecified atom stereocenters. The molecule has 21 heavy (non-hydrogen) atoms. The highest BCUT2D eigenvalue weighted by molar-refractivity contribution is 5.59. The summed E-state index contributed by atoms with van der Waals surface area (Å²) in [6, 6.07) is 8.15. The molecule has 0 bridgehead atoms. The lowest BCUT2D eigenvalue weighted by molar-refractivity contribution is 0.412. The van der Waals surface area contributed by atoms with E-state index in [4.69, 9.17) is 10.5 Å². The highest BCUT2D eigenvalue weighted by Gasteiger charge is 2.09. The van der Waals surface area contributed by atoms with Crippen molar-refractivity contribution in [2.75, 3.05) is 7.11 Å². The molecule has 4 heteroatoms. The first-order valence-corrected chi connectivity index (χ1v) is 7.28. The van der Waals surface area contributed by atoms with Crippen molar-refractivity contribution in [1.29, 1.82) is 0 Å². The van der Waals surface area contributed by atoms with Crippen LogP contribution in [0.15, 0.2) is 24.3 Å². The zero-order valence-corrected chi connectivity index (χ0v) is 13.2. The average Bonchev–Trinajstić information content (AvgIpc) is 2.46. The Hall–Kier alpha value is -1.94. The van der Waals surface area contributed by atoms with Gasteiger partial charge in [0.05, 0.1) is 7.11 Å². The van der Waals surface area contributed by atoms with Gasteiger partial charge in [-0.1, -0.05) is 6.92 Å². The van der Waals surface area contributed by atoms with Gasteiger partial charge in [0.15, 0.2) is 5.82 Å². The van der Waals surface area contributed by atoms with Gasteiger partial charge in [-0.2, -0.15) is 0 Å². The Morgan fingerprint density at radius 3 is 2.57 bits per heavy atom. The zero-order chi connectivity index (χ0) is 15.4. The molecule has 0 saturated carbocycles. The Labute approximate surface area is 126 Å². The number of hydrogen-bond donors (Lipinski definition) is 1. The van der Waals surface area contributed by atoms with Crippen LogP contribution in [0.4, 0.5) is 0 Å². The molecule has 2 aromatic rings. The van der Waals surface area contributed by atoms with E-state index in [0.29, 0.717) is 0 Å². The number of nitrogens with two attached hydrogens (primary N) is 1. The van der Waals surface area contributed by atoms with E-state index in [1.54, 1.807) is 7.11 Å². The molecule has 1 heterocycles. The van der Waals surface area contributed by atoms with Crippen molar-refractivity contribution in [1.82, 2.24) is 9.97 Å². The highest BCUT2D eigenvalue weighted by atomic mass is 16.5. The first-order valence-electron chi connectivity index (χ1n) is 7.28. The smallest absolute Gasteiger partial charge is 0.159 e. The molecule has 4 nitrogen and oxygen atoms in total. The predicted molar refractivity (Wildman–Crippen MR) is 85.5 cm³/mol. The lowest BCUT2D eigenvalue weighted by Crippen LogP contribution is -2.22. The Kier molecular flexibility index (Phi) is 4.91. The molecular formula is C17H23N3O.